The van der Waals surface area contributed by atoms with E-state index < -0.39 is 63.6 Å². The highest BCUT2D eigenvalue weighted by Gasteiger charge is 2.54. The molecule has 3 amide bonds. The summed E-state index contributed by atoms with van der Waals surface area (Å²) in [4.78, 5) is 69.4. The Balaban J connectivity index is 1.23. The van der Waals surface area contributed by atoms with E-state index in [1.165, 1.54) is 54.1 Å². The summed E-state index contributed by atoms with van der Waals surface area (Å²) in [6.07, 6.45) is 2.22. The number of hydrogen-bond acceptors (Lipinski definition) is 13. The molecule has 2 aliphatic heterocycles. The summed E-state index contributed by atoms with van der Waals surface area (Å²) in [5.74, 6) is -4.63. The fourth-order valence-electron chi connectivity index (χ4n) is 4.94. The Labute approximate surface area is 265 Å². The lowest BCUT2D eigenvalue weighted by Gasteiger charge is -2.49. The second kappa shape index (κ2) is 12.1. The van der Waals surface area contributed by atoms with Gasteiger partial charge in [-0.3, -0.25) is 24.1 Å². The first-order valence-corrected chi connectivity index (χ1v) is 15.3. The number of phenols is 3. The van der Waals surface area contributed by atoms with Gasteiger partial charge in [0.2, 0.25) is 11.3 Å². The topological polar surface area (TPSA) is 248 Å². The highest BCUT2D eigenvalue weighted by atomic mass is 32.2. The van der Waals surface area contributed by atoms with E-state index in [0.717, 1.165) is 23.3 Å². The van der Waals surface area contributed by atoms with Gasteiger partial charge >= 0.3 is 5.97 Å². The minimum atomic E-state index is -1.48. The van der Waals surface area contributed by atoms with Crippen LogP contribution >= 0.6 is 23.5 Å². The number of fused-ring (bicyclic) bond motifs is 2. The van der Waals surface area contributed by atoms with Crippen molar-refractivity contribution in [1.82, 2.24) is 30.7 Å². The Bertz CT molecular complexity index is 1980. The van der Waals surface area contributed by atoms with Crippen LogP contribution in [0.1, 0.15) is 22.0 Å². The number of carbonyl (C=O) groups is 4. The second-order valence-electron chi connectivity index (χ2n) is 10.0. The van der Waals surface area contributed by atoms with Crippen LogP contribution in [0, 0.1) is 0 Å². The number of aromatic hydroxyl groups is 3. The van der Waals surface area contributed by atoms with Gasteiger partial charge in [-0.05, 0) is 29.3 Å². The van der Waals surface area contributed by atoms with E-state index in [1.807, 2.05) is 0 Å². The molecule has 6 rings (SSSR count). The van der Waals surface area contributed by atoms with Crippen LogP contribution in [-0.4, -0.2) is 87.1 Å². The molecule has 1 fully saturated rings. The maximum atomic E-state index is 13.6. The summed E-state index contributed by atoms with van der Waals surface area (Å²) in [5.41, 5.74) is -0.980. The number of amides is 3. The Morgan fingerprint density at radius 2 is 1.87 bits per heavy atom. The van der Waals surface area contributed by atoms with Crippen molar-refractivity contribution in [3.8, 4) is 17.2 Å². The number of aliphatic carboxylic acids is 1. The molecule has 0 aliphatic carbocycles. The van der Waals surface area contributed by atoms with Crippen molar-refractivity contribution in [2.45, 2.75) is 22.6 Å². The molecule has 2 aromatic heterocycles. The van der Waals surface area contributed by atoms with Crippen LogP contribution < -0.4 is 16.1 Å². The predicted octanol–water partition coefficient (Wildman–Crippen LogP) is 1.03. The van der Waals surface area contributed by atoms with Gasteiger partial charge in [0.25, 0.3) is 11.8 Å². The third-order valence-electron chi connectivity index (χ3n) is 7.20. The number of hydrogen-bond donors (Lipinski definition) is 7. The predicted molar refractivity (Wildman–Crippen MR) is 161 cm³/mol. The van der Waals surface area contributed by atoms with Gasteiger partial charge in [0.1, 0.15) is 52.6 Å². The Morgan fingerprint density at radius 1 is 1.13 bits per heavy atom. The van der Waals surface area contributed by atoms with E-state index in [4.69, 9.17) is 4.42 Å². The van der Waals surface area contributed by atoms with Gasteiger partial charge in [0, 0.05) is 17.6 Å². The monoisotopic (exact) mass is 666 g/mol. The van der Waals surface area contributed by atoms with E-state index in [9.17, 15) is 44.4 Å². The number of benzene rings is 2. The molecule has 236 valence electrons. The van der Waals surface area contributed by atoms with Crippen molar-refractivity contribution in [3.05, 3.63) is 81.6 Å². The molecule has 1 unspecified atom stereocenters. The Hall–Kier alpha value is -5.49. The van der Waals surface area contributed by atoms with E-state index >= 15 is 0 Å². The highest BCUT2D eigenvalue weighted by Crippen LogP contribution is 2.41. The first-order chi connectivity index (χ1) is 22.0. The van der Waals surface area contributed by atoms with Gasteiger partial charge in [-0.15, -0.1) is 22.0 Å². The minimum Gasteiger partial charge on any atom is -0.508 e. The summed E-state index contributed by atoms with van der Waals surface area (Å²) in [7, 11) is 0. The number of nitrogens with zero attached hydrogens (tertiary/aromatic N) is 3. The molecule has 7 N–H and O–H groups in total. The molecular weight excluding hydrogens is 644 g/mol. The molecule has 16 nitrogen and oxygen atoms in total. The standard InChI is InChI=1S/C28H22N6O10S2/c35-13-3-1-11(2-4-13)19(31-23(39)15-7-44-18-6-17(37)16(36)5-14(18)22(15)38)24(40)32-20-25(41)34-21(27(42)43)12(8-45-26(20)34)9-46-28-29-10-30-33-28/h1-7,10,19-20,26,35-37H,8-9H2,(H,31,39)(H,32,40)(H,42,43)(H,29,30,33)/t19?,20-,26+/m1/s1. The summed E-state index contributed by atoms with van der Waals surface area (Å²) in [6.45, 7) is 0. The number of rotatable bonds is 9. The molecular formula is C28H22N6O10S2. The van der Waals surface area contributed by atoms with Gasteiger partial charge in [-0.1, -0.05) is 23.9 Å². The van der Waals surface area contributed by atoms with Gasteiger partial charge in [-0.25, -0.2) is 4.79 Å². The van der Waals surface area contributed by atoms with Crippen molar-refractivity contribution < 1.29 is 44.0 Å². The molecule has 0 bridgehead atoms. The summed E-state index contributed by atoms with van der Waals surface area (Å²) in [6, 6.07) is 4.60. The molecule has 0 saturated carbocycles. The smallest absolute Gasteiger partial charge is 0.352 e. The molecule has 0 spiro atoms. The van der Waals surface area contributed by atoms with Gasteiger partial charge < -0.3 is 40.5 Å². The number of phenolic OH excluding ortho intramolecular Hbond substituents is 3. The number of thioether (sulfide) groups is 2. The van der Waals surface area contributed by atoms with Crippen molar-refractivity contribution >= 4 is 58.2 Å². The van der Waals surface area contributed by atoms with Crippen LogP contribution in [0.5, 0.6) is 17.2 Å². The lowest BCUT2D eigenvalue weighted by atomic mass is 10.0. The van der Waals surface area contributed by atoms with E-state index in [0.29, 0.717) is 10.7 Å². The first-order valence-electron chi connectivity index (χ1n) is 13.3. The Morgan fingerprint density at radius 3 is 2.57 bits per heavy atom. The largest absolute Gasteiger partial charge is 0.508 e. The maximum Gasteiger partial charge on any atom is 0.352 e. The molecule has 4 aromatic rings. The number of carboxylic acids is 1. The van der Waals surface area contributed by atoms with Crippen LogP contribution in [0.3, 0.4) is 0 Å². The van der Waals surface area contributed by atoms with Gasteiger partial charge in [0.05, 0.1) is 5.39 Å². The maximum absolute atomic E-state index is 13.6. The normalized spacial score (nSPS) is 18.1. The zero-order chi connectivity index (χ0) is 32.7. The van der Waals surface area contributed by atoms with Gasteiger partial charge in [0.15, 0.2) is 16.7 Å². The number of aromatic nitrogens is 3. The number of aromatic amines is 1. The van der Waals surface area contributed by atoms with Crippen molar-refractivity contribution in [2.75, 3.05) is 11.5 Å². The lowest BCUT2D eigenvalue weighted by molar-refractivity contribution is -0.151. The zero-order valence-electron chi connectivity index (χ0n) is 23.2. The number of β-lactam (4-membered cyclic amide) rings is 1. The van der Waals surface area contributed by atoms with E-state index in [1.54, 1.807) is 0 Å². The summed E-state index contributed by atoms with van der Waals surface area (Å²) in [5, 5.41) is 51.3. The molecule has 2 aliphatic rings. The van der Waals surface area contributed by atoms with Crippen LogP contribution in [0.25, 0.3) is 11.0 Å². The molecule has 3 atom stereocenters. The Kier molecular flexibility index (Phi) is 8.05. The molecule has 18 heteroatoms. The van der Waals surface area contributed by atoms with Crippen LogP contribution in [0.4, 0.5) is 0 Å². The lowest BCUT2D eigenvalue weighted by Crippen LogP contribution is -2.71. The SMILES string of the molecule is O=C(O)C1=C(CSc2nnc[nH]2)CS[C@H]2[C@H](NC(=O)C(NC(=O)c3coc4cc(O)c(O)cc4c3=O)c3ccc(O)cc3)C(=O)N12. The van der Waals surface area contributed by atoms with Crippen molar-refractivity contribution in [3.63, 3.8) is 0 Å². The fraction of sp³-hybridized carbons (Fsp3) is 0.179. The number of carbonyl (C=O) groups excluding carboxylic acids is 3. The molecule has 0 radical (unpaired) electrons. The second-order valence-corrected chi connectivity index (χ2v) is 12.1. The number of H-pyrrole nitrogens is 1. The number of carboxylic acid groups (broad SMARTS) is 1. The van der Waals surface area contributed by atoms with E-state index in [2.05, 4.69) is 25.8 Å². The molecule has 1 saturated heterocycles. The first kappa shape index (κ1) is 30.5. The molecule has 46 heavy (non-hydrogen) atoms. The summed E-state index contributed by atoms with van der Waals surface area (Å²) < 4.78 is 5.30. The van der Waals surface area contributed by atoms with Crippen LogP contribution in [-0.2, 0) is 14.4 Å². The quantitative estimate of drug-likeness (QED) is 0.0749. The van der Waals surface area contributed by atoms with Gasteiger partial charge in [-0.2, -0.15) is 0 Å². The molecule has 2 aromatic carbocycles. The van der Waals surface area contributed by atoms with Crippen molar-refractivity contribution in [2.24, 2.45) is 0 Å². The summed E-state index contributed by atoms with van der Waals surface area (Å²) >= 11 is 2.48. The third-order valence-corrected chi connectivity index (χ3v) is 9.51. The minimum absolute atomic E-state index is 0.0998. The number of nitrogens with one attached hydrogen (secondary N) is 3. The van der Waals surface area contributed by atoms with Crippen LogP contribution in [0.2, 0.25) is 0 Å². The molecule has 4 heterocycles. The highest BCUT2D eigenvalue weighted by molar-refractivity contribution is 8.01. The zero-order valence-corrected chi connectivity index (χ0v) is 24.8. The average molecular weight is 667 g/mol. The van der Waals surface area contributed by atoms with Crippen molar-refractivity contribution in [1.29, 1.82) is 0 Å². The average Bonchev–Trinajstić information content (AvgIpc) is 3.56. The fourth-order valence-corrected chi connectivity index (χ4v) is 7.20. The third kappa shape index (κ3) is 5.58. The van der Waals surface area contributed by atoms with E-state index in [-0.39, 0.29) is 39.5 Å². The van der Waals surface area contributed by atoms with Crippen LogP contribution in [0.15, 0.2) is 74.6 Å².